The molecular weight excluding hydrogens is 388 g/mol. The average Bonchev–Trinajstić information content (AvgIpc) is 3.01. The lowest BCUT2D eigenvalue weighted by atomic mass is 9.94. The van der Waals surface area contributed by atoms with E-state index in [1.54, 1.807) is 30.3 Å². The van der Waals surface area contributed by atoms with Crippen molar-refractivity contribution in [1.82, 2.24) is 0 Å². The number of sulfone groups is 1. The molecule has 0 aromatic heterocycles. The first kappa shape index (κ1) is 23.2. The Hall–Kier alpha value is -1.07. The molecule has 2 unspecified atom stereocenters. The van der Waals surface area contributed by atoms with Crippen molar-refractivity contribution in [1.29, 1.82) is 0 Å². The number of rotatable bonds is 11. The largest absolute Gasteiger partial charge is 0.394 e. The molecule has 0 spiro atoms. The lowest BCUT2D eigenvalue weighted by Crippen LogP contribution is -2.37. The van der Waals surface area contributed by atoms with E-state index in [1.807, 2.05) is 0 Å². The van der Waals surface area contributed by atoms with E-state index in [1.165, 1.54) is 21.3 Å². The summed E-state index contributed by atoms with van der Waals surface area (Å²) in [5.74, 6) is -0.662. The van der Waals surface area contributed by atoms with Gasteiger partial charge in [-0.25, -0.2) is 8.42 Å². The third kappa shape index (κ3) is 5.73. The van der Waals surface area contributed by atoms with Gasteiger partial charge in [-0.1, -0.05) is 18.2 Å². The molecule has 2 rings (SSSR count). The van der Waals surface area contributed by atoms with Crippen LogP contribution in [0.25, 0.3) is 0 Å². The Kier molecular flexibility index (Phi) is 8.81. The minimum Gasteiger partial charge on any atom is -0.394 e. The summed E-state index contributed by atoms with van der Waals surface area (Å²) in [6.45, 7) is -0.410. The monoisotopic (exact) mass is 418 g/mol. The van der Waals surface area contributed by atoms with E-state index < -0.39 is 53.1 Å². The van der Waals surface area contributed by atoms with Crippen LogP contribution in [0.2, 0.25) is 0 Å². The molecule has 1 saturated heterocycles. The van der Waals surface area contributed by atoms with Crippen molar-refractivity contribution < 1.29 is 37.6 Å². The molecule has 1 aromatic carbocycles. The summed E-state index contributed by atoms with van der Waals surface area (Å²) < 4.78 is 48.0. The molecule has 8 nitrogen and oxygen atoms in total. The zero-order valence-electron chi connectivity index (χ0n) is 16.4. The molecular formula is C19H30O8S. The van der Waals surface area contributed by atoms with Crippen molar-refractivity contribution in [2.45, 2.75) is 48.4 Å². The summed E-state index contributed by atoms with van der Waals surface area (Å²) in [4.78, 5) is 0.234. The van der Waals surface area contributed by atoms with E-state index in [0.717, 1.165) is 0 Å². The first-order chi connectivity index (χ1) is 13.4. The van der Waals surface area contributed by atoms with Crippen LogP contribution in [0, 0.1) is 5.92 Å². The quantitative estimate of drug-likeness (QED) is 0.503. The zero-order chi connectivity index (χ0) is 20.7. The molecule has 1 heterocycles. The van der Waals surface area contributed by atoms with E-state index in [-0.39, 0.29) is 17.1 Å². The van der Waals surface area contributed by atoms with E-state index in [9.17, 15) is 13.5 Å². The Bertz CT molecular complexity index is 676. The smallest absolute Gasteiger partial charge is 0.178 e. The Morgan fingerprint density at radius 1 is 1.07 bits per heavy atom. The summed E-state index contributed by atoms with van der Waals surface area (Å²) in [7, 11) is 0.907. The number of benzene rings is 1. The molecule has 160 valence electrons. The second-order valence-electron chi connectivity index (χ2n) is 6.88. The second-order valence-corrected chi connectivity index (χ2v) is 8.91. The maximum absolute atomic E-state index is 12.9. The van der Waals surface area contributed by atoms with Gasteiger partial charge in [-0.15, -0.1) is 0 Å². The first-order valence-corrected chi connectivity index (χ1v) is 10.8. The van der Waals surface area contributed by atoms with Crippen LogP contribution in [-0.2, 0) is 28.8 Å². The molecule has 1 fully saturated rings. The number of aliphatic hydroxyl groups is 2. The Labute approximate surface area is 166 Å². The molecule has 0 saturated carbocycles. The van der Waals surface area contributed by atoms with Gasteiger partial charge < -0.3 is 29.2 Å². The second kappa shape index (κ2) is 10.6. The molecule has 0 aliphatic carbocycles. The molecule has 0 radical (unpaired) electrons. The Morgan fingerprint density at radius 3 is 2.25 bits per heavy atom. The van der Waals surface area contributed by atoms with Crippen LogP contribution >= 0.6 is 0 Å². The van der Waals surface area contributed by atoms with Crippen molar-refractivity contribution in [3.63, 3.8) is 0 Å². The molecule has 1 aliphatic rings. The Balaban J connectivity index is 2.28. The van der Waals surface area contributed by atoms with Gasteiger partial charge in [-0.3, -0.25) is 0 Å². The highest BCUT2D eigenvalue weighted by atomic mass is 32.2. The topological polar surface area (TPSA) is 112 Å². The molecule has 2 N–H and O–H groups in total. The summed E-state index contributed by atoms with van der Waals surface area (Å²) in [5.41, 5.74) is 0. The summed E-state index contributed by atoms with van der Waals surface area (Å²) >= 11 is 0. The molecule has 0 amide bonds. The number of methoxy groups -OCH3 is 3. The van der Waals surface area contributed by atoms with Gasteiger partial charge in [-0.2, -0.15) is 0 Å². The van der Waals surface area contributed by atoms with Crippen LogP contribution in [0.5, 0.6) is 0 Å². The average molecular weight is 419 g/mol. The van der Waals surface area contributed by atoms with Gasteiger partial charge in [-0.05, 0) is 12.1 Å². The minimum absolute atomic E-state index is 0.137. The van der Waals surface area contributed by atoms with Crippen LogP contribution in [0.3, 0.4) is 0 Å². The maximum Gasteiger partial charge on any atom is 0.178 e. The van der Waals surface area contributed by atoms with E-state index in [2.05, 4.69) is 0 Å². The molecule has 0 bridgehead atoms. The minimum atomic E-state index is -3.58. The van der Waals surface area contributed by atoms with Gasteiger partial charge in [0.15, 0.2) is 16.1 Å². The fourth-order valence-corrected chi connectivity index (χ4v) is 5.31. The zero-order valence-corrected chi connectivity index (χ0v) is 17.2. The number of ether oxygens (including phenoxy) is 4. The van der Waals surface area contributed by atoms with E-state index >= 15 is 0 Å². The van der Waals surface area contributed by atoms with Gasteiger partial charge in [0, 0.05) is 40.1 Å². The fourth-order valence-electron chi connectivity index (χ4n) is 3.64. The predicted molar refractivity (Wildman–Crippen MR) is 102 cm³/mol. The summed E-state index contributed by atoms with van der Waals surface area (Å²) in [5, 5.41) is 19.0. The van der Waals surface area contributed by atoms with Gasteiger partial charge in [0.2, 0.25) is 0 Å². The van der Waals surface area contributed by atoms with E-state index in [0.29, 0.717) is 6.42 Å². The van der Waals surface area contributed by atoms with Gasteiger partial charge in [0.05, 0.1) is 41.7 Å². The lowest BCUT2D eigenvalue weighted by molar-refractivity contribution is -0.132. The molecule has 5 atom stereocenters. The normalized spacial score (nSPS) is 26.6. The SMILES string of the molecule is COC(CC1OC(C[C@H](O)CO)[C@H](OC)[C@H]1CS(=O)(=O)c1ccccc1)OC. The van der Waals surface area contributed by atoms with Crippen LogP contribution in [0.1, 0.15) is 12.8 Å². The maximum atomic E-state index is 12.9. The third-order valence-corrected chi connectivity index (χ3v) is 6.88. The van der Waals surface area contributed by atoms with Crippen molar-refractivity contribution in [3.8, 4) is 0 Å². The highest BCUT2D eigenvalue weighted by molar-refractivity contribution is 7.91. The van der Waals surface area contributed by atoms with Crippen molar-refractivity contribution in [2.75, 3.05) is 33.7 Å². The van der Waals surface area contributed by atoms with Gasteiger partial charge in [0.1, 0.15) is 0 Å². The van der Waals surface area contributed by atoms with Gasteiger partial charge >= 0.3 is 0 Å². The standard InChI is InChI=1S/C19H30O8S/c1-24-18(25-2)10-16-15(12-28(22,23)14-7-5-4-6-8-14)19(26-3)17(27-16)9-13(21)11-20/h4-8,13,15-21H,9-12H2,1-3H3/t13-,15-,16?,17?,19+/m0/s1. The van der Waals surface area contributed by atoms with Crippen LogP contribution in [0.4, 0.5) is 0 Å². The molecule has 28 heavy (non-hydrogen) atoms. The van der Waals surface area contributed by atoms with Crippen LogP contribution in [-0.4, -0.2) is 83.0 Å². The van der Waals surface area contributed by atoms with Crippen molar-refractivity contribution >= 4 is 9.84 Å². The number of hydrogen-bond acceptors (Lipinski definition) is 8. The lowest BCUT2D eigenvalue weighted by Gasteiger charge is -2.25. The van der Waals surface area contributed by atoms with Crippen molar-refractivity contribution in [2.24, 2.45) is 5.92 Å². The highest BCUT2D eigenvalue weighted by Crippen LogP contribution is 2.36. The Morgan fingerprint density at radius 2 is 1.71 bits per heavy atom. The van der Waals surface area contributed by atoms with Crippen LogP contribution in [0.15, 0.2) is 35.2 Å². The number of hydrogen-bond donors (Lipinski definition) is 2. The van der Waals surface area contributed by atoms with Crippen LogP contribution < -0.4 is 0 Å². The molecule has 9 heteroatoms. The number of aliphatic hydroxyl groups excluding tert-OH is 2. The fraction of sp³-hybridized carbons (Fsp3) is 0.684. The third-order valence-electron chi connectivity index (χ3n) is 5.07. The molecule has 1 aromatic rings. The summed E-state index contributed by atoms with van der Waals surface area (Å²) in [6.07, 6.45) is -2.71. The highest BCUT2D eigenvalue weighted by Gasteiger charge is 2.47. The van der Waals surface area contributed by atoms with Gasteiger partial charge in [0.25, 0.3) is 0 Å². The first-order valence-electron chi connectivity index (χ1n) is 9.16. The van der Waals surface area contributed by atoms with E-state index in [4.69, 9.17) is 24.1 Å². The predicted octanol–water partition coefficient (Wildman–Crippen LogP) is 0.611. The summed E-state index contributed by atoms with van der Waals surface area (Å²) in [6, 6.07) is 8.22. The van der Waals surface area contributed by atoms with Crippen molar-refractivity contribution in [3.05, 3.63) is 30.3 Å². The molecule has 1 aliphatic heterocycles.